The number of furan rings is 1. The highest BCUT2D eigenvalue weighted by Crippen LogP contribution is 2.24. The Bertz CT molecular complexity index is 887. The van der Waals surface area contributed by atoms with Crippen LogP contribution in [0.15, 0.2) is 47.1 Å². The van der Waals surface area contributed by atoms with Gasteiger partial charge in [0.25, 0.3) is 0 Å². The minimum atomic E-state index is -1.14. The van der Waals surface area contributed by atoms with Gasteiger partial charge in [0.1, 0.15) is 11.5 Å². The van der Waals surface area contributed by atoms with Gasteiger partial charge >= 0.3 is 0 Å². The number of rotatable bonds is 4. The molecule has 114 valence electrons. The van der Waals surface area contributed by atoms with Crippen molar-refractivity contribution in [2.45, 2.75) is 12.5 Å². The molecule has 3 rings (SSSR count). The van der Waals surface area contributed by atoms with Crippen LogP contribution >= 0.6 is 11.6 Å². The molecule has 0 fully saturated rings. The van der Waals surface area contributed by atoms with Crippen molar-refractivity contribution >= 4 is 28.5 Å². The smallest absolute Gasteiger partial charge is 0.244 e. The number of halogens is 1. The summed E-state index contributed by atoms with van der Waals surface area (Å²) < 4.78 is 5.13. The van der Waals surface area contributed by atoms with Crippen molar-refractivity contribution in [1.29, 1.82) is 5.26 Å². The third-order valence-corrected chi connectivity index (χ3v) is 3.51. The van der Waals surface area contributed by atoms with Gasteiger partial charge in [-0.15, -0.1) is 0 Å². The summed E-state index contributed by atoms with van der Waals surface area (Å²) >= 11 is 6.10. The first-order valence-corrected chi connectivity index (χ1v) is 7.18. The Hall–Kier alpha value is -2.91. The maximum absolute atomic E-state index is 12.3. The van der Waals surface area contributed by atoms with Crippen molar-refractivity contribution in [3.05, 3.63) is 59.3 Å². The fourth-order valence-electron chi connectivity index (χ4n) is 2.11. The lowest BCUT2D eigenvalue weighted by Gasteiger charge is -2.11. The molecule has 1 amide bonds. The number of para-hydroxylation sites is 2. The van der Waals surface area contributed by atoms with Gasteiger partial charge in [0, 0.05) is 0 Å². The van der Waals surface area contributed by atoms with Crippen molar-refractivity contribution in [2.24, 2.45) is 0 Å². The maximum atomic E-state index is 12.3. The van der Waals surface area contributed by atoms with Crippen molar-refractivity contribution < 1.29 is 9.21 Å². The van der Waals surface area contributed by atoms with E-state index in [4.69, 9.17) is 16.0 Å². The van der Waals surface area contributed by atoms with E-state index in [0.29, 0.717) is 16.8 Å². The van der Waals surface area contributed by atoms with E-state index < -0.39 is 11.8 Å². The largest absolute Gasteiger partial charge is 0.467 e. The molecule has 2 heterocycles. The Balaban J connectivity index is 1.86. The average Bonchev–Trinajstić information content (AvgIpc) is 3.07. The van der Waals surface area contributed by atoms with Gasteiger partial charge in [0.2, 0.25) is 5.91 Å². The fourth-order valence-corrected chi connectivity index (χ4v) is 2.35. The Labute approximate surface area is 136 Å². The molecule has 1 unspecified atom stereocenters. The van der Waals surface area contributed by atoms with Crippen LogP contribution in [-0.4, -0.2) is 15.9 Å². The van der Waals surface area contributed by atoms with E-state index in [1.807, 2.05) is 12.1 Å². The third kappa shape index (κ3) is 3.15. The number of aromatic nitrogens is 2. The first-order chi connectivity index (χ1) is 11.2. The molecule has 0 aliphatic rings. The highest BCUT2D eigenvalue weighted by atomic mass is 35.5. The zero-order chi connectivity index (χ0) is 16.2. The molecule has 1 aromatic carbocycles. The molecule has 0 spiro atoms. The number of carbonyl (C=O) groups is 1. The van der Waals surface area contributed by atoms with Gasteiger partial charge in [-0.3, -0.25) is 4.79 Å². The molecular weight excluding hydrogens is 316 g/mol. The predicted molar refractivity (Wildman–Crippen MR) is 83.5 cm³/mol. The number of hydrogen-bond acceptors (Lipinski definition) is 5. The Morgan fingerprint density at radius 1 is 1.26 bits per heavy atom. The van der Waals surface area contributed by atoms with E-state index in [-0.39, 0.29) is 17.4 Å². The van der Waals surface area contributed by atoms with Crippen LogP contribution in [0.5, 0.6) is 0 Å². The van der Waals surface area contributed by atoms with Crippen molar-refractivity contribution in [1.82, 2.24) is 15.3 Å². The number of carbonyl (C=O) groups excluding carboxylic acids is 1. The third-order valence-electron chi connectivity index (χ3n) is 3.23. The van der Waals surface area contributed by atoms with E-state index >= 15 is 0 Å². The van der Waals surface area contributed by atoms with E-state index in [0.717, 1.165) is 0 Å². The zero-order valence-electron chi connectivity index (χ0n) is 11.9. The molecule has 7 heteroatoms. The number of benzene rings is 1. The molecule has 1 N–H and O–H groups in total. The number of nitrogens with one attached hydrogen (secondary N) is 1. The Kier molecular flexibility index (Phi) is 4.22. The molecule has 1 atom stereocenters. The standard InChI is InChI=1S/C16H11ClN4O2/c17-15-14(20-12-5-1-2-6-13(12)21-15)11(8-18)16(22)19-9-10-4-3-7-23-10/h1-7,11H,9H2,(H,19,22). The summed E-state index contributed by atoms with van der Waals surface area (Å²) in [6, 6.07) is 12.5. The SMILES string of the molecule is N#CC(C(=O)NCc1ccco1)c1nc2ccccc2nc1Cl. The monoisotopic (exact) mass is 326 g/mol. The highest BCUT2D eigenvalue weighted by Gasteiger charge is 2.25. The first-order valence-electron chi connectivity index (χ1n) is 6.81. The van der Waals surface area contributed by atoms with E-state index in [2.05, 4.69) is 15.3 Å². The van der Waals surface area contributed by atoms with E-state index in [1.54, 1.807) is 30.3 Å². The van der Waals surface area contributed by atoms with Crippen LogP contribution in [0.2, 0.25) is 5.15 Å². The summed E-state index contributed by atoms with van der Waals surface area (Å²) in [5.41, 5.74) is 1.32. The number of nitrogens with zero attached hydrogens (tertiary/aromatic N) is 3. The number of amides is 1. The zero-order valence-corrected chi connectivity index (χ0v) is 12.6. The molecule has 0 saturated carbocycles. The second-order valence-electron chi connectivity index (χ2n) is 4.75. The normalized spacial score (nSPS) is 11.8. The summed E-state index contributed by atoms with van der Waals surface area (Å²) in [7, 11) is 0. The lowest BCUT2D eigenvalue weighted by atomic mass is 10.1. The van der Waals surface area contributed by atoms with Crippen LogP contribution in [0.1, 0.15) is 17.4 Å². The number of fused-ring (bicyclic) bond motifs is 1. The van der Waals surface area contributed by atoms with E-state index in [9.17, 15) is 10.1 Å². The van der Waals surface area contributed by atoms with Gasteiger partial charge in [-0.05, 0) is 24.3 Å². The van der Waals surface area contributed by atoms with Crippen LogP contribution < -0.4 is 5.32 Å². The average molecular weight is 327 g/mol. The molecule has 3 aromatic rings. The Morgan fingerprint density at radius 2 is 2.00 bits per heavy atom. The molecule has 23 heavy (non-hydrogen) atoms. The second-order valence-corrected chi connectivity index (χ2v) is 5.11. The van der Waals surface area contributed by atoms with Gasteiger partial charge in [-0.2, -0.15) is 5.26 Å². The summed E-state index contributed by atoms with van der Waals surface area (Å²) in [6.07, 6.45) is 1.51. The summed E-state index contributed by atoms with van der Waals surface area (Å²) in [5.74, 6) is -1.06. The number of nitriles is 1. The quantitative estimate of drug-likeness (QED) is 0.796. The molecule has 0 saturated heterocycles. The van der Waals surface area contributed by atoms with Gasteiger partial charge in [-0.25, -0.2) is 9.97 Å². The van der Waals surface area contributed by atoms with Gasteiger partial charge in [0.05, 0.1) is 29.9 Å². The Morgan fingerprint density at radius 3 is 2.65 bits per heavy atom. The summed E-state index contributed by atoms with van der Waals surface area (Å²) in [6.45, 7) is 0.183. The molecule has 0 aliphatic carbocycles. The van der Waals surface area contributed by atoms with Crippen LogP contribution in [0, 0.1) is 11.3 Å². The highest BCUT2D eigenvalue weighted by molar-refractivity contribution is 6.30. The van der Waals surface area contributed by atoms with Crippen LogP contribution in [0.25, 0.3) is 11.0 Å². The first kappa shape index (κ1) is 15.0. The molecule has 0 aliphatic heterocycles. The van der Waals surface area contributed by atoms with Crippen LogP contribution in [0.3, 0.4) is 0 Å². The topological polar surface area (TPSA) is 91.8 Å². The van der Waals surface area contributed by atoms with Crippen molar-refractivity contribution in [3.63, 3.8) is 0 Å². The lowest BCUT2D eigenvalue weighted by Crippen LogP contribution is -2.29. The molecular formula is C16H11ClN4O2. The minimum Gasteiger partial charge on any atom is -0.467 e. The fraction of sp³-hybridized carbons (Fsp3) is 0.125. The lowest BCUT2D eigenvalue weighted by molar-refractivity contribution is -0.121. The summed E-state index contributed by atoms with van der Waals surface area (Å²) in [4.78, 5) is 20.8. The van der Waals surface area contributed by atoms with Crippen molar-refractivity contribution in [2.75, 3.05) is 0 Å². The van der Waals surface area contributed by atoms with E-state index in [1.165, 1.54) is 6.26 Å². The molecule has 2 aromatic heterocycles. The van der Waals surface area contributed by atoms with Crippen LogP contribution in [-0.2, 0) is 11.3 Å². The van der Waals surface area contributed by atoms with Gasteiger partial charge < -0.3 is 9.73 Å². The van der Waals surface area contributed by atoms with Gasteiger partial charge in [-0.1, -0.05) is 23.7 Å². The van der Waals surface area contributed by atoms with Crippen molar-refractivity contribution in [3.8, 4) is 6.07 Å². The number of hydrogen-bond donors (Lipinski definition) is 1. The van der Waals surface area contributed by atoms with Gasteiger partial charge in [0.15, 0.2) is 11.1 Å². The second kappa shape index (κ2) is 6.46. The van der Waals surface area contributed by atoms with Crippen LogP contribution in [0.4, 0.5) is 0 Å². The maximum Gasteiger partial charge on any atom is 0.244 e. The molecule has 6 nitrogen and oxygen atoms in total. The molecule has 0 bridgehead atoms. The molecule has 0 radical (unpaired) electrons. The minimum absolute atomic E-state index is 0.0448. The summed E-state index contributed by atoms with van der Waals surface area (Å²) in [5, 5.41) is 12.0. The predicted octanol–water partition coefficient (Wildman–Crippen LogP) is 2.80.